The van der Waals surface area contributed by atoms with Crippen LogP contribution >= 0.6 is 0 Å². The third-order valence-electron chi connectivity index (χ3n) is 5.77. The average Bonchev–Trinajstić information content (AvgIpc) is 2.73. The number of nitrogens with two attached hydrogens (primary N) is 1. The number of nitrogens with zero attached hydrogens (tertiary/aromatic N) is 1. The van der Waals surface area contributed by atoms with E-state index < -0.39 is 11.5 Å². The Balaban J connectivity index is 2.22. The van der Waals surface area contributed by atoms with Crippen LogP contribution in [0.2, 0.25) is 0 Å². The largest absolute Gasteiger partial charge is 0.389 e. The van der Waals surface area contributed by atoms with E-state index >= 15 is 0 Å². The first kappa shape index (κ1) is 22.9. The molecule has 0 aromatic heterocycles. The summed E-state index contributed by atoms with van der Waals surface area (Å²) in [5.41, 5.74) is 7.46. The summed E-state index contributed by atoms with van der Waals surface area (Å²) in [5, 5.41) is 6.40. The van der Waals surface area contributed by atoms with Gasteiger partial charge in [-0.3, -0.25) is 9.59 Å². The van der Waals surface area contributed by atoms with E-state index in [4.69, 9.17) is 10.5 Å². The number of hydrogen-bond donors (Lipinski definition) is 3. The molecule has 7 heteroatoms. The van der Waals surface area contributed by atoms with Gasteiger partial charge in [0.2, 0.25) is 12.3 Å². The summed E-state index contributed by atoms with van der Waals surface area (Å²) in [6, 6.07) is 7.42. The Labute approximate surface area is 173 Å². The first-order valence-corrected chi connectivity index (χ1v) is 10.2. The van der Waals surface area contributed by atoms with Crippen molar-refractivity contribution in [1.82, 2.24) is 15.5 Å². The lowest BCUT2D eigenvalue weighted by Crippen LogP contribution is -2.42. The maximum Gasteiger partial charge on any atom is 0.248 e. The van der Waals surface area contributed by atoms with Crippen molar-refractivity contribution in [3.63, 3.8) is 0 Å². The van der Waals surface area contributed by atoms with Crippen LogP contribution < -0.4 is 16.4 Å². The van der Waals surface area contributed by atoms with Crippen LogP contribution in [0.25, 0.3) is 0 Å². The molecular formula is C22H34N4O3. The molecule has 1 aromatic rings. The minimum absolute atomic E-state index is 0.250. The highest BCUT2D eigenvalue weighted by Gasteiger charge is 2.44. The quantitative estimate of drug-likeness (QED) is 0.386. The minimum atomic E-state index is -0.604. The molecule has 2 atom stereocenters. The molecule has 0 heterocycles. The Morgan fingerprint density at radius 1 is 1.38 bits per heavy atom. The standard InChI is InChI=1S/C22H34N4O3/c1-17-6-4-9-20(15-25-11-13-26(16-27)12-10-24-2)22(17,29-3)19-8-5-7-18(14-19)21(23)28/h5,7-8,14-17,24-25H,4,6,9-13H2,1-3H3,(H2,23,28)/b20-15+. The number of ether oxygens (including phenoxy) is 1. The molecule has 2 unspecified atom stereocenters. The molecule has 0 spiro atoms. The number of methoxy groups -OCH3 is 1. The third-order valence-corrected chi connectivity index (χ3v) is 5.77. The van der Waals surface area contributed by atoms with E-state index in [2.05, 4.69) is 17.6 Å². The number of likely N-dealkylation sites (N-methyl/N-ethyl adjacent to an activating group) is 1. The smallest absolute Gasteiger partial charge is 0.248 e. The number of nitrogens with one attached hydrogen (secondary N) is 2. The molecule has 4 N–H and O–H groups in total. The van der Waals surface area contributed by atoms with E-state index in [0.29, 0.717) is 25.2 Å². The van der Waals surface area contributed by atoms with Crippen LogP contribution in [0.4, 0.5) is 0 Å². The molecule has 160 valence electrons. The Hall–Kier alpha value is -2.38. The topological polar surface area (TPSA) is 96.7 Å². The number of amides is 2. The van der Waals surface area contributed by atoms with E-state index in [0.717, 1.165) is 43.4 Å². The van der Waals surface area contributed by atoms with Gasteiger partial charge >= 0.3 is 0 Å². The summed E-state index contributed by atoms with van der Waals surface area (Å²) in [6.07, 6.45) is 5.93. The van der Waals surface area contributed by atoms with Gasteiger partial charge in [-0.1, -0.05) is 19.1 Å². The number of primary amides is 1. The van der Waals surface area contributed by atoms with Crippen molar-refractivity contribution in [1.29, 1.82) is 0 Å². The van der Waals surface area contributed by atoms with Gasteiger partial charge in [0.25, 0.3) is 0 Å². The monoisotopic (exact) mass is 402 g/mol. The lowest BCUT2D eigenvalue weighted by Gasteiger charge is -2.44. The molecular weight excluding hydrogens is 368 g/mol. The van der Waals surface area contributed by atoms with Crippen molar-refractivity contribution in [2.24, 2.45) is 11.7 Å². The van der Waals surface area contributed by atoms with E-state index in [1.54, 1.807) is 18.1 Å². The van der Waals surface area contributed by atoms with Gasteiger partial charge in [-0.15, -0.1) is 0 Å². The first-order chi connectivity index (χ1) is 14.0. The van der Waals surface area contributed by atoms with Gasteiger partial charge in [0, 0.05) is 38.9 Å². The molecule has 0 radical (unpaired) electrons. The fourth-order valence-corrected chi connectivity index (χ4v) is 4.18. The summed E-state index contributed by atoms with van der Waals surface area (Å²) >= 11 is 0. The predicted molar refractivity (Wildman–Crippen MR) is 114 cm³/mol. The molecule has 1 saturated carbocycles. The van der Waals surface area contributed by atoms with E-state index in [9.17, 15) is 9.59 Å². The Kier molecular flexibility index (Phi) is 8.67. The summed E-state index contributed by atoms with van der Waals surface area (Å²) in [4.78, 5) is 24.6. The average molecular weight is 403 g/mol. The van der Waals surface area contributed by atoms with E-state index in [1.807, 2.05) is 31.4 Å². The van der Waals surface area contributed by atoms with Crippen LogP contribution in [0.5, 0.6) is 0 Å². The van der Waals surface area contributed by atoms with Crippen molar-refractivity contribution >= 4 is 12.3 Å². The highest BCUT2D eigenvalue weighted by molar-refractivity contribution is 5.93. The van der Waals surface area contributed by atoms with Gasteiger partial charge in [0.05, 0.1) is 0 Å². The van der Waals surface area contributed by atoms with Crippen molar-refractivity contribution in [2.45, 2.75) is 31.8 Å². The van der Waals surface area contributed by atoms with Crippen LogP contribution in [0.3, 0.4) is 0 Å². The number of hydrogen-bond acceptors (Lipinski definition) is 5. The lowest BCUT2D eigenvalue weighted by atomic mass is 9.69. The third kappa shape index (κ3) is 5.36. The highest BCUT2D eigenvalue weighted by atomic mass is 16.5. The second-order valence-electron chi connectivity index (χ2n) is 7.55. The maximum absolute atomic E-state index is 11.7. The molecule has 1 aromatic carbocycles. The zero-order chi connectivity index (χ0) is 21.3. The predicted octanol–water partition coefficient (Wildman–Crippen LogP) is 1.60. The Bertz CT molecular complexity index is 722. The van der Waals surface area contributed by atoms with E-state index in [1.165, 1.54) is 0 Å². The zero-order valence-corrected chi connectivity index (χ0v) is 17.7. The maximum atomic E-state index is 11.7. The van der Waals surface area contributed by atoms with Gasteiger partial charge in [-0.25, -0.2) is 0 Å². The molecule has 0 bridgehead atoms. The summed E-state index contributed by atoms with van der Waals surface area (Å²) in [6.45, 7) is 4.90. The van der Waals surface area contributed by atoms with Gasteiger partial charge < -0.3 is 26.0 Å². The van der Waals surface area contributed by atoms with Crippen LogP contribution in [0.15, 0.2) is 36.0 Å². The zero-order valence-electron chi connectivity index (χ0n) is 17.7. The normalized spacial score (nSPS) is 23.0. The van der Waals surface area contributed by atoms with Crippen molar-refractivity contribution in [3.05, 3.63) is 47.2 Å². The van der Waals surface area contributed by atoms with Crippen molar-refractivity contribution in [3.8, 4) is 0 Å². The molecule has 0 aliphatic heterocycles. The minimum Gasteiger partial charge on any atom is -0.389 e. The van der Waals surface area contributed by atoms with Crippen LogP contribution in [0, 0.1) is 5.92 Å². The van der Waals surface area contributed by atoms with Gasteiger partial charge in [0.1, 0.15) is 5.60 Å². The molecule has 7 nitrogen and oxygen atoms in total. The van der Waals surface area contributed by atoms with Crippen LogP contribution in [-0.4, -0.2) is 57.6 Å². The van der Waals surface area contributed by atoms with Gasteiger partial charge in [0.15, 0.2) is 0 Å². The summed E-state index contributed by atoms with van der Waals surface area (Å²) < 4.78 is 6.14. The van der Waals surface area contributed by atoms with Crippen LogP contribution in [-0.2, 0) is 15.1 Å². The highest BCUT2D eigenvalue weighted by Crippen LogP contribution is 2.47. The molecule has 1 fully saturated rings. The number of benzene rings is 1. The fraction of sp³-hybridized carbons (Fsp3) is 0.545. The van der Waals surface area contributed by atoms with Gasteiger partial charge in [-0.05, 0) is 61.7 Å². The fourth-order valence-electron chi connectivity index (χ4n) is 4.18. The first-order valence-electron chi connectivity index (χ1n) is 10.2. The molecule has 1 aliphatic rings. The lowest BCUT2D eigenvalue weighted by molar-refractivity contribution is -0.118. The van der Waals surface area contributed by atoms with Crippen LogP contribution in [0.1, 0.15) is 42.1 Å². The Morgan fingerprint density at radius 2 is 2.14 bits per heavy atom. The number of carbonyl (C=O) groups excluding carboxylic acids is 2. The van der Waals surface area contributed by atoms with E-state index in [-0.39, 0.29) is 5.92 Å². The number of carbonyl (C=O) groups is 2. The summed E-state index contributed by atoms with van der Waals surface area (Å²) in [5.74, 6) is -0.194. The molecule has 29 heavy (non-hydrogen) atoms. The molecule has 2 rings (SSSR count). The molecule has 1 aliphatic carbocycles. The SMILES string of the molecule is CNCCN(C=O)CCN/C=C1\CCCC(C)C1(OC)c1cccc(C(N)=O)c1. The molecule has 0 saturated heterocycles. The van der Waals surface area contributed by atoms with Crippen molar-refractivity contribution < 1.29 is 14.3 Å². The Morgan fingerprint density at radius 3 is 2.79 bits per heavy atom. The van der Waals surface area contributed by atoms with Gasteiger partial charge in [-0.2, -0.15) is 0 Å². The molecule has 2 amide bonds. The van der Waals surface area contributed by atoms with Crippen molar-refractivity contribution in [2.75, 3.05) is 40.3 Å². The summed E-state index contributed by atoms with van der Waals surface area (Å²) in [7, 11) is 3.59. The second-order valence-corrected chi connectivity index (χ2v) is 7.55. The number of rotatable bonds is 11. The second kappa shape index (κ2) is 11.0.